The first-order chi connectivity index (χ1) is 14.5. The van der Waals surface area contributed by atoms with E-state index in [1.54, 1.807) is 19.4 Å². The number of nitrogens with zero attached hydrogens (tertiary/aromatic N) is 1. The highest BCUT2D eigenvalue weighted by molar-refractivity contribution is 7.15. The molecule has 0 spiro atoms. The van der Waals surface area contributed by atoms with Gasteiger partial charge in [0.1, 0.15) is 11.3 Å². The van der Waals surface area contributed by atoms with Crippen LogP contribution in [0.25, 0.3) is 22.1 Å². The lowest BCUT2D eigenvalue weighted by atomic mass is 9.98. The molecule has 0 unspecified atom stereocenters. The van der Waals surface area contributed by atoms with Gasteiger partial charge in [-0.25, -0.2) is 9.78 Å². The van der Waals surface area contributed by atoms with Gasteiger partial charge in [-0.1, -0.05) is 30.3 Å². The highest BCUT2D eigenvalue weighted by Gasteiger charge is 2.14. The minimum atomic E-state index is -0.422. The monoisotopic (exact) mass is 420 g/mol. The summed E-state index contributed by atoms with van der Waals surface area (Å²) in [5.41, 5.74) is 2.59. The summed E-state index contributed by atoms with van der Waals surface area (Å²) in [7, 11) is 1.56. The third kappa shape index (κ3) is 4.26. The van der Waals surface area contributed by atoms with Crippen LogP contribution in [0.15, 0.2) is 63.9 Å². The van der Waals surface area contributed by atoms with E-state index in [0.717, 1.165) is 27.0 Å². The fourth-order valence-electron chi connectivity index (χ4n) is 3.32. The summed E-state index contributed by atoms with van der Waals surface area (Å²) >= 11 is 1.44. The van der Waals surface area contributed by atoms with Gasteiger partial charge in [0.05, 0.1) is 7.11 Å². The molecule has 152 valence electrons. The van der Waals surface area contributed by atoms with Crippen LogP contribution in [0.1, 0.15) is 16.9 Å². The maximum Gasteiger partial charge on any atom is 0.336 e. The Morgan fingerprint density at radius 2 is 2.00 bits per heavy atom. The van der Waals surface area contributed by atoms with E-state index in [2.05, 4.69) is 10.3 Å². The van der Waals surface area contributed by atoms with E-state index in [4.69, 9.17) is 9.15 Å². The normalized spacial score (nSPS) is 10.9. The van der Waals surface area contributed by atoms with Crippen molar-refractivity contribution in [3.63, 3.8) is 0 Å². The van der Waals surface area contributed by atoms with Gasteiger partial charge in [-0.2, -0.15) is 0 Å². The molecule has 4 rings (SSSR count). The molecule has 0 atom stereocenters. The highest BCUT2D eigenvalue weighted by Crippen LogP contribution is 2.33. The molecular formula is C23H20N2O4S. The van der Waals surface area contributed by atoms with Gasteiger partial charge in [-0.3, -0.25) is 4.79 Å². The smallest absolute Gasteiger partial charge is 0.336 e. The second kappa shape index (κ2) is 8.51. The highest BCUT2D eigenvalue weighted by atomic mass is 32.1. The molecule has 1 amide bonds. The van der Waals surface area contributed by atoms with Crippen LogP contribution in [0.5, 0.6) is 5.75 Å². The molecule has 4 aromatic rings. The molecule has 0 saturated carbocycles. The number of carbonyl (C=O) groups is 1. The average molecular weight is 420 g/mol. The number of amides is 1. The van der Waals surface area contributed by atoms with Crippen molar-refractivity contribution in [2.24, 2.45) is 0 Å². The van der Waals surface area contributed by atoms with Crippen LogP contribution < -0.4 is 15.7 Å². The summed E-state index contributed by atoms with van der Waals surface area (Å²) in [6.07, 6.45) is 2.48. The van der Waals surface area contributed by atoms with Gasteiger partial charge in [-0.15, -0.1) is 11.3 Å². The maximum atomic E-state index is 12.3. The van der Waals surface area contributed by atoms with E-state index in [1.807, 2.05) is 43.3 Å². The summed E-state index contributed by atoms with van der Waals surface area (Å²) in [6.45, 7) is 1.94. The standard InChI is InChI=1S/C23H20N2O4S/c1-14-13-24-23(30-14)25-21(26)9-8-16-10-18-17(15-6-4-3-5-7-15)11-22(27)29-20(18)12-19(16)28-2/h3-7,10-13H,8-9H2,1-2H3,(H,24,25,26). The summed E-state index contributed by atoms with van der Waals surface area (Å²) in [6, 6.07) is 14.8. The van der Waals surface area contributed by atoms with Crippen LogP contribution in [-0.2, 0) is 11.2 Å². The Bertz CT molecular complexity index is 1260. The number of anilines is 1. The number of aryl methyl sites for hydroxylation is 2. The first kappa shape index (κ1) is 19.8. The number of ether oxygens (including phenoxy) is 1. The minimum Gasteiger partial charge on any atom is -0.496 e. The molecule has 0 fully saturated rings. The number of benzene rings is 2. The molecule has 2 aromatic carbocycles. The molecule has 0 bridgehead atoms. The third-order valence-corrected chi connectivity index (χ3v) is 5.55. The lowest BCUT2D eigenvalue weighted by molar-refractivity contribution is -0.116. The second-order valence-corrected chi connectivity index (χ2v) is 8.06. The fraction of sp³-hybridized carbons (Fsp3) is 0.174. The molecule has 2 heterocycles. The lowest BCUT2D eigenvalue weighted by Crippen LogP contribution is -2.12. The number of fused-ring (bicyclic) bond motifs is 1. The topological polar surface area (TPSA) is 81.4 Å². The summed E-state index contributed by atoms with van der Waals surface area (Å²) in [5, 5.41) is 4.21. The number of hydrogen-bond donors (Lipinski definition) is 1. The Hall–Kier alpha value is -3.45. The van der Waals surface area contributed by atoms with Crippen molar-refractivity contribution in [2.75, 3.05) is 12.4 Å². The van der Waals surface area contributed by atoms with E-state index >= 15 is 0 Å². The Labute approximate surface area is 177 Å². The molecule has 7 heteroatoms. The summed E-state index contributed by atoms with van der Waals surface area (Å²) in [4.78, 5) is 29.6. The summed E-state index contributed by atoms with van der Waals surface area (Å²) in [5.74, 6) is 0.461. The van der Waals surface area contributed by atoms with Crippen LogP contribution >= 0.6 is 11.3 Å². The van der Waals surface area contributed by atoms with E-state index in [1.165, 1.54) is 17.4 Å². The number of nitrogens with one attached hydrogen (secondary N) is 1. The third-order valence-electron chi connectivity index (χ3n) is 4.72. The van der Waals surface area contributed by atoms with Crippen molar-refractivity contribution < 1.29 is 13.9 Å². The predicted octanol–water partition coefficient (Wildman–Crippen LogP) is 4.80. The van der Waals surface area contributed by atoms with Gasteiger partial charge in [0, 0.05) is 35.0 Å². The zero-order chi connectivity index (χ0) is 21.1. The van der Waals surface area contributed by atoms with Crippen molar-refractivity contribution in [2.45, 2.75) is 19.8 Å². The zero-order valence-electron chi connectivity index (χ0n) is 16.6. The van der Waals surface area contributed by atoms with Crippen molar-refractivity contribution in [1.29, 1.82) is 0 Å². The van der Waals surface area contributed by atoms with Crippen molar-refractivity contribution >= 4 is 33.3 Å². The van der Waals surface area contributed by atoms with Gasteiger partial charge in [-0.05, 0) is 36.1 Å². The Kier molecular flexibility index (Phi) is 5.63. The molecule has 6 nitrogen and oxygen atoms in total. The second-order valence-electron chi connectivity index (χ2n) is 6.83. The minimum absolute atomic E-state index is 0.116. The van der Waals surface area contributed by atoms with Crippen molar-refractivity contribution in [3.8, 4) is 16.9 Å². The molecular weight excluding hydrogens is 400 g/mol. The first-order valence-electron chi connectivity index (χ1n) is 9.46. The number of aromatic nitrogens is 1. The predicted molar refractivity (Wildman–Crippen MR) is 118 cm³/mol. The molecule has 2 aromatic heterocycles. The maximum absolute atomic E-state index is 12.3. The Morgan fingerprint density at radius 3 is 2.70 bits per heavy atom. The molecule has 0 radical (unpaired) electrons. The quantitative estimate of drug-likeness (QED) is 0.453. The average Bonchev–Trinajstić information content (AvgIpc) is 3.16. The van der Waals surface area contributed by atoms with E-state index in [-0.39, 0.29) is 12.3 Å². The summed E-state index contributed by atoms with van der Waals surface area (Å²) < 4.78 is 10.9. The van der Waals surface area contributed by atoms with Gasteiger partial charge in [0.15, 0.2) is 5.13 Å². The number of hydrogen-bond acceptors (Lipinski definition) is 6. The van der Waals surface area contributed by atoms with Crippen LogP contribution in [0.2, 0.25) is 0 Å². The van der Waals surface area contributed by atoms with Crippen LogP contribution in [0, 0.1) is 6.92 Å². The van der Waals surface area contributed by atoms with Crippen LogP contribution in [0.3, 0.4) is 0 Å². The Morgan fingerprint density at radius 1 is 1.20 bits per heavy atom. The van der Waals surface area contributed by atoms with Gasteiger partial charge in [0.25, 0.3) is 0 Å². The van der Waals surface area contributed by atoms with E-state index in [0.29, 0.717) is 22.9 Å². The molecule has 0 aliphatic heterocycles. The number of methoxy groups -OCH3 is 1. The number of rotatable bonds is 6. The molecule has 0 saturated heterocycles. The number of carbonyl (C=O) groups excluding carboxylic acids is 1. The fourth-order valence-corrected chi connectivity index (χ4v) is 4.00. The van der Waals surface area contributed by atoms with Crippen LogP contribution in [-0.4, -0.2) is 18.0 Å². The van der Waals surface area contributed by atoms with Crippen molar-refractivity contribution in [1.82, 2.24) is 4.98 Å². The van der Waals surface area contributed by atoms with Gasteiger partial charge < -0.3 is 14.5 Å². The lowest BCUT2D eigenvalue weighted by Gasteiger charge is -2.12. The SMILES string of the molecule is COc1cc2oc(=O)cc(-c3ccccc3)c2cc1CCC(=O)Nc1ncc(C)s1. The Balaban J connectivity index is 1.66. The van der Waals surface area contributed by atoms with Crippen molar-refractivity contribution in [3.05, 3.63) is 75.6 Å². The van der Waals surface area contributed by atoms with Crippen LogP contribution in [0.4, 0.5) is 5.13 Å². The first-order valence-corrected chi connectivity index (χ1v) is 10.3. The van der Waals surface area contributed by atoms with Gasteiger partial charge >= 0.3 is 5.63 Å². The molecule has 1 N–H and O–H groups in total. The van der Waals surface area contributed by atoms with E-state index in [9.17, 15) is 9.59 Å². The zero-order valence-corrected chi connectivity index (χ0v) is 17.4. The molecule has 0 aliphatic rings. The molecule has 0 aliphatic carbocycles. The molecule has 30 heavy (non-hydrogen) atoms. The number of thiazole rings is 1. The van der Waals surface area contributed by atoms with Gasteiger partial charge in [0.2, 0.25) is 5.91 Å². The largest absolute Gasteiger partial charge is 0.496 e. The van der Waals surface area contributed by atoms with E-state index < -0.39 is 5.63 Å².